The Morgan fingerprint density at radius 3 is 2.61 bits per heavy atom. The molecule has 1 aliphatic carbocycles. The number of aromatic nitrogens is 1. The molecule has 0 unspecified atom stereocenters. The van der Waals surface area contributed by atoms with E-state index in [0.29, 0.717) is 12.0 Å². The molecule has 1 saturated carbocycles. The van der Waals surface area contributed by atoms with Crippen molar-refractivity contribution in [2.75, 3.05) is 0 Å². The topological polar surface area (TPSA) is 42.4 Å². The second-order valence-corrected chi connectivity index (χ2v) is 4.82. The minimum Gasteiger partial charge on any atom is -0.474 e. The zero-order chi connectivity index (χ0) is 12.4. The summed E-state index contributed by atoms with van der Waals surface area (Å²) in [5, 5.41) is 11.4. The number of hydrogen-bond acceptors (Lipinski definition) is 3. The molecule has 0 aliphatic heterocycles. The highest BCUT2D eigenvalue weighted by Crippen LogP contribution is 2.29. The van der Waals surface area contributed by atoms with Gasteiger partial charge in [-0.25, -0.2) is 4.98 Å². The van der Waals surface area contributed by atoms with Crippen molar-refractivity contribution in [2.24, 2.45) is 0 Å². The standard InChI is InChI=1S/C15H17NO2/c17-10-11-9-16-15(18-12-5-1-2-6-12)14-8-4-3-7-13(11)14/h3-4,7-9,12,17H,1-2,5-6,10H2. The predicted octanol–water partition coefficient (Wildman–Crippen LogP) is 3.05. The Morgan fingerprint density at radius 2 is 1.89 bits per heavy atom. The van der Waals surface area contributed by atoms with E-state index in [1.807, 2.05) is 24.3 Å². The quantitative estimate of drug-likeness (QED) is 0.901. The fourth-order valence-electron chi connectivity index (χ4n) is 2.61. The second-order valence-electron chi connectivity index (χ2n) is 4.82. The third-order valence-electron chi connectivity index (χ3n) is 3.59. The Kier molecular flexibility index (Phi) is 3.15. The predicted molar refractivity (Wildman–Crippen MR) is 70.5 cm³/mol. The maximum Gasteiger partial charge on any atom is 0.221 e. The van der Waals surface area contributed by atoms with E-state index in [1.54, 1.807) is 6.20 Å². The van der Waals surface area contributed by atoms with Crippen molar-refractivity contribution in [3.63, 3.8) is 0 Å². The normalized spacial score (nSPS) is 16.3. The molecule has 0 atom stereocenters. The van der Waals surface area contributed by atoms with Crippen molar-refractivity contribution in [1.82, 2.24) is 4.98 Å². The molecule has 0 amide bonds. The van der Waals surface area contributed by atoms with E-state index in [-0.39, 0.29) is 6.61 Å². The fraction of sp³-hybridized carbons (Fsp3) is 0.400. The molecule has 0 spiro atoms. The van der Waals surface area contributed by atoms with Gasteiger partial charge in [-0.1, -0.05) is 18.2 Å². The Hall–Kier alpha value is -1.61. The van der Waals surface area contributed by atoms with E-state index in [2.05, 4.69) is 4.98 Å². The Balaban J connectivity index is 2.01. The number of aliphatic hydroxyl groups is 1. The molecule has 0 bridgehead atoms. The lowest BCUT2D eigenvalue weighted by atomic mass is 10.1. The lowest BCUT2D eigenvalue weighted by Crippen LogP contribution is -2.12. The first-order chi connectivity index (χ1) is 8.88. The van der Waals surface area contributed by atoms with Crippen LogP contribution in [0.15, 0.2) is 30.5 Å². The van der Waals surface area contributed by atoms with Crippen LogP contribution in [-0.2, 0) is 6.61 Å². The summed E-state index contributed by atoms with van der Waals surface area (Å²) in [5.74, 6) is 0.703. The zero-order valence-corrected chi connectivity index (χ0v) is 10.3. The highest BCUT2D eigenvalue weighted by atomic mass is 16.5. The monoisotopic (exact) mass is 243 g/mol. The summed E-state index contributed by atoms with van der Waals surface area (Å²) < 4.78 is 6.00. The van der Waals surface area contributed by atoms with Crippen LogP contribution in [0.1, 0.15) is 31.2 Å². The van der Waals surface area contributed by atoms with Crippen LogP contribution in [0, 0.1) is 0 Å². The van der Waals surface area contributed by atoms with E-state index in [1.165, 1.54) is 12.8 Å². The van der Waals surface area contributed by atoms with E-state index >= 15 is 0 Å². The minimum absolute atomic E-state index is 0.0111. The van der Waals surface area contributed by atoms with E-state index in [0.717, 1.165) is 29.2 Å². The number of hydrogen-bond donors (Lipinski definition) is 1. The van der Waals surface area contributed by atoms with Crippen LogP contribution in [0.5, 0.6) is 5.88 Å². The van der Waals surface area contributed by atoms with Gasteiger partial charge in [-0.3, -0.25) is 0 Å². The van der Waals surface area contributed by atoms with Gasteiger partial charge in [-0.05, 0) is 37.1 Å². The molecule has 3 rings (SSSR count). The lowest BCUT2D eigenvalue weighted by molar-refractivity contribution is 0.204. The first kappa shape index (κ1) is 11.5. The molecule has 1 aromatic heterocycles. The van der Waals surface area contributed by atoms with Crippen LogP contribution in [-0.4, -0.2) is 16.2 Å². The summed E-state index contributed by atoms with van der Waals surface area (Å²) in [6.45, 7) is 0.0111. The number of rotatable bonds is 3. The summed E-state index contributed by atoms with van der Waals surface area (Å²) in [5.41, 5.74) is 0.851. The van der Waals surface area contributed by atoms with Gasteiger partial charge in [0, 0.05) is 17.1 Å². The van der Waals surface area contributed by atoms with Crippen LogP contribution < -0.4 is 4.74 Å². The summed E-state index contributed by atoms with van der Waals surface area (Å²) in [7, 11) is 0. The number of nitrogens with zero attached hydrogens (tertiary/aromatic N) is 1. The van der Waals surface area contributed by atoms with Gasteiger partial charge in [0.2, 0.25) is 5.88 Å². The molecule has 18 heavy (non-hydrogen) atoms. The van der Waals surface area contributed by atoms with Crippen molar-refractivity contribution in [1.29, 1.82) is 0 Å². The van der Waals surface area contributed by atoms with Crippen LogP contribution in [0.2, 0.25) is 0 Å². The van der Waals surface area contributed by atoms with Gasteiger partial charge >= 0.3 is 0 Å². The largest absolute Gasteiger partial charge is 0.474 e. The van der Waals surface area contributed by atoms with Gasteiger partial charge in [0.15, 0.2) is 0 Å². The maximum atomic E-state index is 9.33. The molecular weight excluding hydrogens is 226 g/mol. The molecule has 2 aromatic rings. The van der Waals surface area contributed by atoms with Crippen molar-refractivity contribution < 1.29 is 9.84 Å². The summed E-state index contributed by atoms with van der Waals surface area (Å²) in [6, 6.07) is 7.96. The molecule has 0 radical (unpaired) electrons. The SMILES string of the molecule is OCc1cnc(OC2CCCC2)c2ccccc12. The van der Waals surface area contributed by atoms with Gasteiger partial charge in [0.1, 0.15) is 6.10 Å². The second kappa shape index (κ2) is 4.94. The molecule has 94 valence electrons. The first-order valence-corrected chi connectivity index (χ1v) is 6.52. The van der Waals surface area contributed by atoms with Crippen molar-refractivity contribution in [3.8, 4) is 5.88 Å². The molecule has 1 N–H and O–H groups in total. The van der Waals surface area contributed by atoms with Gasteiger partial charge in [0.05, 0.1) is 6.61 Å². The number of aliphatic hydroxyl groups excluding tert-OH is 1. The Morgan fingerprint density at radius 1 is 1.17 bits per heavy atom. The third kappa shape index (κ3) is 2.06. The van der Waals surface area contributed by atoms with Crippen LogP contribution >= 0.6 is 0 Å². The van der Waals surface area contributed by atoms with Gasteiger partial charge in [-0.15, -0.1) is 0 Å². The summed E-state index contributed by atoms with van der Waals surface area (Å²) in [6.07, 6.45) is 6.76. The summed E-state index contributed by atoms with van der Waals surface area (Å²) >= 11 is 0. The van der Waals surface area contributed by atoms with Gasteiger partial charge in [-0.2, -0.15) is 0 Å². The van der Waals surface area contributed by atoms with Crippen LogP contribution in [0.25, 0.3) is 10.8 Å². The smallest absolute Gasteiger partial charge is 0.221 e. The Labute approximate surface area is 106 Å². The average molecular weight is 243 g/mol. The molecule has 1 heterocycles. The number of pyridine rings is 1. The number of benzene rings is 1. The minimum atomic E-state index is 0.0111. The van der Waals surface area contributed by atoms with Crippen LogP contribution in [0.4, 0.5) is 0 Å². The van der Waals surface area contributed by atoms with E-state index in [4.69, 9.17) is 4.74 Å². The molecule has 0 saturated heterocycles. The molecule has 1 fully saturated rings. The summed E-state index contributed by atoms with van der Waals surface area (Å²) in [4.78, 5) is 4.36. The highest BCUT2D eigenvalue weighted by molar-refractivity contribution is 5.89. The fourth-order valence-corrected chi connectivity index (χ4v) is 2.61. The zero-order valence-electron chi connectivity index (χ0n) is 10.3. The van der Waals surface area contributed by atoms with Crippen molar-refractivity contribution in [2.45, 2.75) is 38.4 Å². The van der Waals surface area contributed by atoms with Crippen molar-refractivity contribution in [3.05, 3.63) is 36.0 Å². The molecule has 1 aromatic carbocycles. The van der Waals surface area contributed by atoms with Gasteiger partial charge < -0.3 is 9.84 Å². The van der Waals surface area contributed by atoms with E-state index in [9.17, 15) is 5.11 Å². The van der Waals surface area contributed by atoms with Crippen LogP contribution in [0.3, 0.4) is 0 Å². The number of ether oxygens (including phenoxy) is 1. The molecule has 1 aliphatic rings. The molecule has 3 nitrogen and oxygen atoms in total. The third-order valence-corrected chi connectivity index (χ3v) is 3.59. The highest BCUT2D eigenvalue weighted by Gasteiger charge is 2.18. The lowest BCUT2D eigenvalue weighted by Gasteiger charge is -2.15. The first-order valence-electron chi connectivity index (χ1n) is 6.52. The van der Waals surface area contributed by atoms with Crippen molar-refractivity contribution >= 4 is 10.8 Å². The Bertz CT molecular complexity index is 547. The number of fused-ring (bicyclic) bond motifs is 1. The maximum absolute atomic E-state index is 9.33. The molecular formula is C15H17NO2. The van der Waals surface area contributed by atoms with E-state index < -0.39 is 0 Å². The average Bonchev–Trinajstić information content (AvgIpc) is 2.92. The molecule has 3 heteroatoms. The van der Waals surface area contributed by atoms with Gasteiger partial charge in [0.25, 0.3) is 0 Å².